The molecule has 0 aromatic rings. The molecule has 18 nitrogen and oxygen atoms in total. The second-order valence-corrected chi connectivity index (χ2v) is 13.9. The largest absolute Gasteiger partial charge is 0.377 e. The van der Waals surface area contributed by atoms with Gasteiger partial charge in [0.1, 0.15) is 39.4 Å². The van der Waals surface area contributed by atoms with Crippen molar-refractivity contribution in [2.24, 2.45) is 0 Å². The number of rotatable bonds is 37. The molecule has 2 rings (SSSR count). The van der Waals surface area contributed by atoms with Crippen molar-refractivity contribution in [1.82, 2.24) is 10.9 Å². The van der Waals surface area contributed by atoms with Crippen LogP contribution in [0.3, 0.4) is 0 Å². The smallest absolute Gasteiger partial charge is 0.264 e. The number of likely N-dealkylation sites (tertiary alicyclic amines) is 2. The van der Waals surface area contributed by atoms with Crippen LogP contribution in [0.4, 0.5) is 0 Å². The maximum atomic E-state index is 12.0. The third-order valence-corrected chi connectivity index (χ3v) is 9.59. The van der Waals surface area contributed by atoms with E-state index < -0.39 is 12.5 Å². The highest BCUT2D eigenvalue weighted by atomic mass is 16.6. The van der Waals surface area contributed by atoms with Crippen molar-refractivity contribution < 1.29 is 76.4 Å². The average Bonchev–Trinajstić information content (AvgIpc) is 3.21. The molecule has 0 aliphatic carbocycles. The second kappa shape index (κ2) is 33.2. The summed E-state index contributed by atoms with van der Waals surface area (Å²) in [6.45, 7) is 14.7. The van der Waals surface area contributed by atoms with Gasteiger partial charge in [-0.1, -0.05) is 13.8 Å². The van der Waals surface area contributed by atoms with Crippen LogP contribution in [0.2, 0.25) is 0 Å². The Hall–Kier alpha value is -1.62. The van der Waals surface area contributed by atoms with Crippen molar-refractivity contribution in [3.63, 3.8) is 0 Å². The summed E-state index contributed by atoms with van der Waals surface area (Å²) < 4.78 is 55.7. The van der Waals surface area contributed by atoms with Gasteiger partial charge in [-0.05, 0) is 38.5 Å². The number of nitrogens with one attached hydrogen (secondary N) is 2. The third kappa shape index (κ3) is 23.1. The van der Waals surface area contributed by atoms with E-state index in [0.717, 1.165) is 38.5 Å². The lowest BCUT2D eigenvalue weighted by Gasteiger charge is -2.43. The lowest BCUT2D eigenvalue weighted by atomic mass is 10.1. The Balaban J connectivity index is 1.24. The molecule has 2 unspecified atom stereocenters. The maximum Gasteiger partial charge on any atom is 0.264 e. The quantitative estimate of drug-likeness (QED) is 0.0506. The molecule has 18 heteroatoms. The van der Waals surface area contributed by atoms with E-state index in [1.807, 2.05) is 13.8 Å². The molecule has 4 N–H and O–H groups in total. The van der Waals surface area contributed by atoms with Crippen LogP contribution in [0.25, 0.3) is 0 Å². The van der Waals surface area contributed by atoms with Gasteiger partial charge in [0.25, 0.3) is 11.8 Å². The van der Waals surface area contributed by atoms with Crippen LogP contribution in [-0.4, -0.2) is 202 Å². The molecule has 0 radical (unpaired) electrons. The fraction of sp³-hybridized carbons (Fsp3) is 0.947. The topological polar surface area (TPSA) is 191 Å². The van der Waals surface area contributed by atoms with Gasteiger partial charge in [-0.3, -0.25) is 9.59 Å². The number of hydrogen-bond donors (Lipinski definition) is 4. The minimum Gasteiger partial charge on any atom is -0.377 e. The summed E-state index contributed by atoms with van der Waals surface area (Å²) in [6.07, 6.45) is 5.25. The monoisotopic (exact) mass is 813 g/mol. The molecule has 56 heavy (non-hydrogen) atoms. The van der Waals surface area contributed by atoms with Crippen LogP contribution in [0.1, 0.15) is 65.2 Å². The van der Waals surface area contributed by atoms with Gasteiger partial charge in [0.05, 0.1) is 119 Å². The predicted octanol–water partition coefficient (Wildman–Crippen LogP) is 0.673. The number of aliphatic hydroxyl groups excluding tert-OH is 2. The van der Waals surface area contributed by atoms with Gasteiger partial charge in [0.2, 0.25) is 12.5 Å². The van der Waals surface area contributed by atoms with E-state index in [2.05, 4.69) is 10.9 Å². The number of hydrogen-bond acceptors (Lipinski definition) is 14. The first-order valence-corrected chi connectivity index (χ1v) is 20.9. The number of carbonyl (C=O) groups excluding carboxylic acids is 2. The normalized spacial score (nSPS) is 17.7. The van der Waals surface area contributed by atoms with Crippen LogP contribution in [0.5, 0.6) is 0 Å². The number of ether oxygens (including phenoxy) is 10. The molecule has 0 spiro atoms. The lowest BCUT2D eigenvalue weighted by Crippen LogP contribution is -2.68. The Morgan fingerprint density at radius 3 is 0.839 bits per heavy atom. The first-order valence-electron chi connectivity index (χ1n) is 20.9. The number of quaternary nitrogens is 2. The fourth-order valence-corrected chi connectivity index (χ4v) is 6.32. The Labute approximate surface area is 334 Å². The van der Waals surface area contributed by atoms with Crippen molar-refractivity contribution in [2.75, 3.05) is 158 Å². The molecule has 2 aliphatic heterocycles. The lowest BCUT2D eigenvalue weighted by molar-refractivity contribution is -1.01. The van der Waals surface area contributed by atoms with Crippen molar-refractivity contribution in [1.29, 1.82) is 0 Å². The molecular formula is C38H76N4O14+2. The first kappa shape index (κ1) is 50.5. The summed E-state index contributed by atoms with van der Waals surface area (Å²) in [4.78, 5) is 24.0. The van der Waals surface area contributed by atoms with Crippen LogP contribution in [0, 0.1) is 0 Å². The van der Waals surface area contributed by atoms with E-state index in [1.54, 1.807) is 0 Å². The van der Waals surface area contributed by atoms with E-state index >= 15 is 0 Å². The molecule has 0 bridgehead atoms. The zero-order chi connectivity index (χ0) is 40.4. The van der Waals surface area contributed by atoms with E-state index in [0.29, 0.717) is 158 Å². The molecule has 2 fully saturated rings. The number of aliphatic hydroxyl groups is 2. The molecule has 2 amide bonds. The molecule has 0 saturated carbocycles. The highest BCUT2D eigenvalue weighted by Crippen LogP contribution is 2.21. The molecule has 2 atom stereocenters. The summed E-state index contributed by atoms with van der Waals surface area (Å²) in [5.41, 5.74) is 5.99. The van der Waals surface area contributed by atoms with Crippen LogP contribution < -0.4 is 10.9 Å². The molecule has 2 aliphatic rings. The average molecular weight is 813 g/mol. The van der Waals surface area contributed by atoms with Gasteiger partial charge < -0.3 is 57.6 Å². The molecule has 0 aromatic heterocycles. The number of amides is 2. The minimum atomic E-state index is -0.800. The third-order valence-electron chi connectivity index (χ3n) is 9.59. The Morgan fingerprint density at radius 1 is 0.411 bits per heavy atom. The van der Waals surface area contributed by atoms with E-state index in [-0.39, 0.29) is 34.2 Å². The summed E-state index contributed by atoms with van der Waals surface area (Å²) in [6, 6.07) is 0. The summed E-state index contributed by atoms with van der Waals surface area (Å²) in [5.74, 6) is -0.128. The molecule has 2 saturated heterocycles. The molecular weight excluding hydrogens is 736 g/mol. The minimum absolute atomic E-state index is 0.0641. The van der Waals surface area contributed by atoms with Gasteiger partial charge in [0, 0.05) is 12.8 Å². The van der Waals surface area contributed by atoms with Crippen LogP contribution in [-0.2, 0) is 57.0 Å². The van der Waals surface area contributed by atoms with E-state index in [1.165, 1.54) is 0 Å². The summed E-state index contributed by atoms with van der Waals surface area (Å²) in [5, 5.41) is 21.5. The Morgan fingerprint density at radius 2 is 0.625 bits per heavy atom. The van der Waals surface area contributed by atoms with Crippen molar-refractivity contribution in [3.05, 3.63) is 0 Å². The Bertz CT molecular complexity index is 885. The zero-order valence-corrected chi connectivity index (χ0v) is 34.5. The number of piperidine rings is 2. The van der Waals surface area contributed by atoms with Crippen molar-refractivity contribution in [3.8, 4) is 0 Å². The van der Waals surface area contributed by atoms with Gasteiger partial charge in [-0.2, -0.15) is 20.0 Å². The van der Waals surface area contributed by atoms with Crippen LogP contribution >= 0.6 is 0 Å². The predicted molar refractivity (Wildman–Crippen MR) is 205 cm³/mol. The number of nitrogens with zero attached hydrogens (tertiary/aromatic N) is 2. The van der Waals surface area contributed by atoms with E-state index in [9.17, 15) is 19.8 Å². The van der Waals surface area contributed by atoms with Gasteiger partial charge >= 0.3 is 0 Å². The highest BCUT2D eigenvalue weighted by molar-refractivity contribution is 5.74. The number of carbonyl (C=O) groups is 2. The first-order chi connectivity index (χ1) is 27.4. The summed E-state index contributed by atoms with van der Waals surface area (Å²) >= 11 is 0. The standard InChI is InChI=1S/C38H74N4O14/c1-3-35(43)39-41(11-7-5-8-12-41)37(45)33-55-31-29-53-27-25-51-23-21-49-19-17-47-15-16-48-18-20-50-22-24-52-26-28-54-30-32-56-34-38(46)42(40-36(44)4-2)13-9-6-10-14-42/h37-38,45-46H,3-34H2,1-2H3/p+2. The fourth-order valence-electron chi connectivity index (χ4n) is 6.32. The maximum absolute atomic E-state index is 12.0. The highest BCUT2D eigenvalue weighted by Gasteiger charge is 2.40. The summed E-state index contributed by atoms with van der Waals surface area (Å²) in [7, 11) is 0. The van der Waals surface area contributed by atoms with Crippen molar-refractivity contribution in [2.45, 2.75) is 77.7 Å². The molecule has 2 heterocycles. The Kier molecular flexibility index (Phi) is 30.0. The van der Waals surface area contributed by atoms with E-state index in [4.69, 9.17) is 47.4 Å². The van der Waals surface area contributed by atoms with Crippen molar-refractivity contribution >= 4 is 11.8 Å². The molecule has 330 valence electrons. The van der Waals surface area contributed by atoms with Gasteiger partial charge in [0.15, 0.2) is 0 Å². The van der Waals surface area contributed by atoms with Crippen LogP contribution in [0.15, 0.2) is 0 Å². The van der Waals surface area contributed by atoms with Gasteiger partial charge in [-0.15, -0.1) is 0 Å². The zero-order valence-electron chi connectivity index (χ0n) is 34.5. The van der Waals surface area contributed by atoms with Gasteiger partial charge in [-0.25, -0.2) is 0 Å². The molecule has 0 aromatic carbocycles. The second-order valence-electron chi connectivity index (χ2n) is 13.9. The SMILES string of the molecule is CCC(=O)N[N+]1(C(O)COCCOCCOCCOCCOCCOCCOCCOCCOCCOCC(O)[N+]2(NC(=O)CC)CCCCC2)CCCCC1.